The number of hydrogen-bond donors (Lipinski definition) is 3. The number of nitrogens with zero attached hydrogens (tertiary/aromatic N) is 1. The molecular weight excluding hydrogens is 466 g/mol. The Bertz CT molecular complexity index is 884. The lowest BCUT2D eigenvalue weighted by atomic mass is 9.43. The second kappa shape index (κ2) is 11.6. The van der Waals surface area contributed by atoms with E-state index in [4.69, 9.17) is 0 Å². The SMILES string of the molecule is CCC(CC[C@@H](C)[C@H]1CC[C@H]2[C@@H]3C[C@@H](NCCc4cnc[nH]4)[C@H]4C[C@@H](O)CC[C@]4(C)[C@H]3CC[C@]12C)C(C)C. The van der Waals surface area contributed by atoms with E-state index in [2.05, 4.69) is 56.8 Å². The first-order chi connectivity index (χ1) is 18.2. The van der Waals surface area contributed by atoms with Crippen LogP contribution in [0.25, 0.3) is 0 Å². The number of aliphatic hydroxyl groups excluding tert-OH is 1. The summed E-state index contributed by atoms with van der Waals surface area (Å²) in [6.45, 7) is 16.2. The van der Waals surface area contributed by atoms with E-state index in [-0.39, 0.29) is 6.10 Å². The molecule has 216 valence electrons. The van der Waals surface area contributed by atoms with Crippen LogP contribution in [0, 0.1) is 58.2 Å². The molecule has 11 atom stereocenters. The minimum atomic E-state index is -0.107. The van der Waals surface area contributed by atoms with E-state index in [0.29, 0.717) is 22.8 Å². The third-order valence-corrected chi connectivity index (χ3v) is 13.3. The first-order valence-electron chi connectivity index (χ1n) is 16.6. The summed E-state index contributed by atoms with van der Waals surface area (Å²) in [5, 5.41) is 14.8. The van der Waals surface area contributed by atoms with Crippen LogP contribution in [-0.2, 0) is 6.42 Å². The number of rotatable bonds is 10. The van der Waals surface area contributed by atoms with E-state index >= 15 is 0 Å². The molecule has 3 N–H and O–H groups in total. The van der Waals surface area contributed by atoms with Crippen molar-refractivity contribution in [1.29, 1.82) is 0 Å². The molecule has 4 fully saturated rings. The third-order valence-electron chi connectivity index (χ3n) is 13.3. The minimum absolute atomic E-state index is 0.107. The first kappa shape index (κ1) is 28.7. The van der Waals surface area contributed by atoms with Crippen molar-refractivity contribution < 1.29 is 5.11 Å². The molecular formula is C34H59N3O. The highest BCUT2D eigenvalue weighted by Crippen LogP contribution is 2.68. The average Bonchev–Trinajstić information content (AvgIpc) is 3.52. The lowest BCUT2D eigenvalue weighted by Crippen LogP contribution is -2.61. The van der Waals surface area contributed by atoms with Crippen molar-refractivity contribution >= 4 is 0 Å². The van der Waals surface area contributed by atoms with Gasteiger partial charge < -0.3 is 15.4 Å². The van der Waals surface area contributed by atoms with Gasteiger partial charge in [-0.1, -0.05) is 54.4 Å². The van der Waals surface area contributed by atoms with Crippen LogP contribution in [0.15, 0.2) is 12.5 Å². The zero-order chi connectivity index (χ0) is 27.1. The van der Waals surface area contributed by atoms with Crippen LogP contribution in [0.2, 0.25) is 0 Å². The largest absolute Gasteiger partial charge is 0.393 e. The fraction of sp³-hybridized carbons (Fsp3) is 0.912. The molecule has 0 aliphatic heterocycles. The zero-order valence-corrected chi connectivity index (χ0v) is 25.5. The second-order valence-electron chi connectivity index (χ2n) is 15.2. The molecule has 38 heavy (non-hydrogen) atoms. The lowest BCUT2D eigenvalue weighted by molar-refractivity contribution is -0.141. The highest BCUT2D eigenvalue weighted by atomic mass is 16.3. The number of hydrogen-bond acceptors (Lipinski definition) is 3. The van der Waals surface area contributed by atoms with Gasteiger partial charge in [-0.25, -0.2) is 4.98 Å². The van der Waals surface area contributed by atoms with Crippen LogP contribution in [0.4, 0.5) is 0 Å². The molecule has 4 nitrogen and oxygen atoms in total. The Kier molecular flexibility index (Phi) is 8.71. The van der Waals surface area contributed by atoms with Crippen LogP contribution in [0.1, 0.15) is 118 Å². The Morgan fingerprint density at radius 2 is 1.76 bits per heavy atom. The number of aromatic nitrogens is 2. The summed E-state index contributed by atoms with van der Waals surface area (Å²) < 4.78 is 0. The molecule has 1 heterocycles. The molecule has 4 aliphatic rings. The van der Waals surface area contributed by atoms with E-state index in [0.717, 1.165) is 67.2 Å². The van der Waals surface area contributed by atoms with Gasteiger partial charge in [-0.3, -0.25) is 0 Å². The zero-order valence-electron chi connectivity index (χ0n) is 25.5. The van der Waals surface area contributed by atoms with E-state index in [9.17, 15) is 5.11 Å². The van der Waals surface area contributed by atoms with Crippen molar-refractivity contribution in [3.05, 3.63) is 18.2 Å². The van der Waals surface area contributed by atoms with Crippen molar-refractivity contribution in [1.82, 2.24) is 15.3 Å². The Hall–Kier alpha value is -0.870. The standard InChI is InChI=1S/C34H59N3O/c1-7-24(22(2)3)9-8-23(4)28-10-11-29-27-19-32(36-17-14-25-20-35-21-37-25)31-18-26(38)12-15-34(31,6)30(27)13-16-33(28,29)5/h20-24,26-32,36,38H,7-19H2,1-6H3,(H,35,37)/t23-,24?,26+,27+,28-,29+,30+,31-,32-,33-,34-/m1/s1. The van der Waals surface area contributed by atoms with Gasteiger partial charge in [0.2, 0.25) is 0 Å². The van der Waals surface area contributed by atoms with Crippen molar-refractivity contribution in [2.24, 2.45) is 58.2 Å². The number of aliphatic hydroxyl groups is 1. The molecule has 4 aliphatic carbocycles. The van der Waals surface area contributed by atoms with Gasteiger partial charge in [0, 0.05) is 30.9 Å². The van der Waals surface area contributed by atoms with Gasteiger partial charge in [0.1, 0.15) is 0 Å². The molecule has 0 spiro atoms. The van der Waals surface area contributed by atoms with Gasteiger partial charge in [0.05, 0.1) is 12.4 Å². The van der Waals surface area contributed by atoms with Crippen molar-refractivity contribution in [2.45, 2.75) is 131 Å². The van der Waals surface area contributed by atoms with Crippen molar-refractivity contribution in [3.8, 4) is 0 Å². The molecule has 5 rings (SSSR count). The fourth-order valence-electron chi connectivity index (χ4n) is 11.0. The predicted molar refractivity (Wildman–Crippen MR) is 158 cm³/mol. The summed E-state index contributed by atoms with van der Waals surface area (Å²) in [6.07, 6.45) is 19.2. The van der Waals surface area contributed by atoms with Crippen molar-refractivity contribution in [3.63, 3.8) is 0 Å². The predicted octanol–water partition coefficient (Wildman–Crippen LogP) is 7.64. The van der Waals surface area contributed by atoms with E-state index in [1.54, 1.807) is 6.33 Å². The first-order valence-corrected chi connectivity index (χ1v) is 16.6. The quantitative estimate of drug-likeness (QED) is 0.294. The van der Waals surface area contributed by atoms with E-state index in [1.165, 1.54) is 63.5 Å². The number of fused-ring (bicyclic) bond motifs is 5. The van der Waals surface area contributed by atoms with Gasteiger partial charge in [0.15, 0.2) is 0 Å². The summed E-state index contributed by atoms with van der Waals surface area (Å²) in [5.74, 6) is 6.67. The third kappa shape index (κ3) is 5.27. The second-order valence-corrected chi connectivity index (χ2v) is 15.2. The fourth-order valence-corrected chi connectivity index (χ4v) is 11.0. The van der Waals surface area contributed by atoms with Crippen molar-refractivity contribution in [2.75, 3.05) is 6.54 Å². The molecule has 4 heteroatoms. The number of imidazole rings is 1. The molecule has 0 bridgehead atoms. The van der Waals surface area contributed by atoms with Gasteiger partial charge in [-0.2, -0.15) is 0 Å². The Morgan fingerprint density at radius 3 is 2.47 bits per heavy atom. The number of aromatic amines is 1. The topological polar surface area (TPSA) is 60.9 Å². The van der Waals surface area contributed by atoms with Crippen LogP contribution >= 0.6 is 0 Å². The maximum absolute atomic E-state index is 10.7. The molecule has 1 unspecified atom stereocenters. The molecule has 0 saturated heterocycles. The monoisotopic (exact) mass is 525 g/mol. The maximum Gasteiger partial charge on any atom is 0.0921 e. The highest BCUT2D eigenvalue weighted by molar-refractivity contribution is 5.12. The van der Waals surface area contributed by atoms with Gasteiger partial charge in [-0.15, -0.1) is 0 Å². The number of H-pyrrole nitrogens is 1. The smallest absolute Gasteiger partial charge is 0.0921 e. The molecule has 4 saturated carbocycles. The minimum Gasteiger partial charge on any atom is -0.393 e. The van der Waals surface area contributed by atoms with E-state index in [1.807, 2.05) is 6.20 Å². The molecule has 1 aromatic heterocycles. The Morgan fingerprint density at radius 1 is 1.00 bits per heavy atom. The molecule has 1 aromatic rings. The van der Waals surface area contributed by atoms with E-state index < -0.39 is 0 Å². The van der Waals surface area contributed by atoms with Crippen LogP contribution in [-0.4, -0.2) is 33.8 Å². The molecule has 0 radical (unpaired) electrons. The molecule has 0 aromatic carbocycles. The normalized spacial score (nSPS) is 42.4. The van der Waals surface area contributed by atoms with Gasteiger partial charge in [0.25, 0.3) is 0 Å². The number of nitrogens with one attached hydrogen (secondary N) is 2. The maximum atomic E-state index is 10.7. The van der Waals surface area contributed by atoms with Crippen LogP contribution in [0.5, 0.6) is 0 Å². The summed E-state index contributed by atoms with van der Waals surface area (Å²) in [4.78, 5) is 7.49. The summed E-state index contributed by atoms with van der Waals surface area (Å²) in [7, 11) is 0. The summed E-state index contributed by atoms with van der Waals surface area (Å²) in [6, 6.07) is 0.536. The Labute approximate surface area is 233 Å². The Balaban J connectivity index is 1.31. The van der Waals surface area contributed by atoms with Crippen LogP contribution < -0.4 is 5.32 Å². The van der Waals surface area contributed by atoms with Gasteiger partial charge in [-0.05, 0) is 116 Å². The average molecular weight is 526 g/mol. The highest BCUT2D eigenvalue weighted by Gasteiger charge is 2.62. The van der Waals surface area contributed by atoms with Gasteiger partial charge >= 0.3 is 0 Å². The lowest BCUT2D eigenvalue weighted by Gasteiger charge is -2.63. The summed E-state index contributed by atoms with van der Waals surface area (Å²) in [5.41, 5.74) is 2.13. The molecule has 0 amide bonds. The summed E-state index contributed by atoms with van der Waals surface area (Å²) >= 11 is 0. The van der Waals surface area contributed by atoms with Crippen LogP contribution in [0.3, 0.4) is 0 Å².